The standard InChI is InChI=1S/C31H20N2O/c1-21-10-12-22(13-11-21)14-15-23-16-18-24(19-17-23)30-32-33-31(34-30)29-27-8-4-2-6-25(27)20-26-7-3-5-9-28(26)29/h2-13,16-20H,1H3. The number of fused-ring (bicyclic) bond motifs is 2. The number of benzene rings is 5. The predicted molar refractivity (Wildman–Crippen MR) is 137 cm³/mol. The number of hydrogen-bond donors (Lipinski definition) is 0. The molecular weight excluding hydrogens is 416 g/mol. The van der Waals surface area contributed by atoms with Crippen molar-refractivity contribution in [1.82, 2.24) is 10.2 Å². The molecule has 5 aromatic carbocycles. The number of nitrogens with zero attached hydrogens (tertiary/aromatic N) is 2. The van der Waals surface area contributed by atoms with Gasteiger partial charge in [0.1, 0.15) is 0 Å². The van der Waals surface area contributed by atoms with Crippen molar-refractivity contribution in [2.45, 2.75) is 6.92 Å². The van der Waals surface area contributed by atoms with Gasteiger partial charge in [-0.1, -0.05) is 78.1 Å². The second-order valence-corrected chi connectivity index (χ2v) is 8.30. The van der Waals surface area contributed by atoms with Crippen molar-refractivity contribution < 1.29 is 4.42 Å². The minimum absolute atomic E-state index is 0.491. The lowest BCUT2D eigenvalue weighted by Crippen LogP contribution is -1.85. The van der Waals surface area contributed by atoms with Crippen LogP contribution < -0.4 is 0 Å². The Morgan fingerprint density at radius 2 is 1.12 bits per heavy atom. The molecule has 0 bridgehead atoms. The van der Waals surface area contributed by atoms with Crippen molar-refractivity contribution in [2.75, 3.05) is 0 Å². The Hall–Kier alpha value is -4.68. The molecule has 0 unspecified atom stereocenters. The van der Waals surface area contributed by atoms with Crippen molar-refractivity contribution >= 4 is 21.5 Å². The van der Waals surface area contributed by atoms with Crippen molar-refractivity contribution in [1.29, 1.82) is 0 Å². The van der Waals surface area contributed by atoms with Crippen LogP contribution in [0.2, 0.25) is 0 Å². The van der Waals surface area contributed by atoms with E-state index in [4.69, 9.17) is 4.42 Å². The quantitative estimate of drug-likeness (QED) is 0.209. The topological polar surface area (TPSA) is 38.9 Å². The van der Waals surface area contributed by atoms with Crippen LogP contribution in [0.25, 0.3) is 44.5 Å². The van der Waals surface area contributed by atoms with Crippen LogP contribution in [0, 0.1) is 18.8 Å². The minimum atomic E-state index is 0.491. The lowest BCUT2D eigenvalue weighted by Gasteiger charge is -2.08. The fraction of sp³-hybridized carbons (Fsp3) is 0.0323. The Balaban J connectivity index is 1.36. The van der Waals surface area contributed by atoms with E-state index in [1.807, 2.05) is 60.7 Å². The first-order valence-corrected chi connectivity index (χ1v) is 11.2. The van der Waals surface area contributed by atoms with Gasteiger partial charge in [-0.25, -0.2) is 0 Å². The third-order valence-electron chi connectivity index (χ3n) is 5.94. The van der Waals surface area contributed by atoms with Crippen molar-refractivity contribution in [3.8, 4) is 34.7 Å². The molecule has 0 radical (unpaired) electrons. The van der Waals surface area contributed by atoms with Gasteiger partial charge < -0.3 is 4.42 Å². The maximum absolute atomic E-state index is 6.19. The molecule has 0 spiro atoms. The van der Waals surface area contributed by atoms with Gasteiger partial charge in [-0.15, -0.1) is 10.2 Å². The van der Waals surface area contributed by atoms with Gasteiger partial charge in [0.2, 0.25) is 11.8 Å². The summed E-state index contributed by atoms with van der Waals surface area (Å²) >= 11 is 0. The summed E-state index contributed by atoms with van der Waals surface area (Å²) in [5, 5.41) is 13.3. The van der Waals surface area contributed by atoms with Gasteiger partial charge in [0, 0.05) is 16.7 Å². The van der Waals surface area contributed by atoms with Crippen LogP contribution in [0.1, 0.15) is 16.7 Å². The number of hydrogen-bond acceptors (Lipinski definition) is 3. The fourth-order valence-corrected chi connectivity index (χ4v) is 4.16. The van der Waals surface area contributed by atoms with Gasteiger partial charge in [-0.05, 0) is 70.9 Å². The number of rotatable bonds is 2. The van der Waals surface area contributed by atoms with Crippen LogP contribution in [0.15, 0.2) is 108 Å². The second-order valence-electron chi connectivity index (χ2n) is 8.30. The van der Waals surface area contributed by atoms with Crippen molar-refractivity contribution in [3.63, 3.8) is 0 Å². The molecule has 0 fully saturated rings. The van der Waals surface area contributed by atoms with Crippen molar-refractivity contribution in [3.05, 3.63) is 120 Å². The Kier molecular flexibility index (Phi) is 4.90. The first kappa shape index (κ1) is 20.0. The number of aromatic nitrogens is 2. The van der Waals surface area contributed by atoms with Crippen LogP contribution in [0.5, 0.6) is 0 Å². The molecule has 0 aliphatic carbocycles. The zero-order valence-electron chi connectivity index (χ0n) is 18.6. The average Bonchev–Trinajstić information content (AvgIpc) is 3.37. The summed E-state index contributed by atoms with van der Waals surface area (Å²) in [6, 6.07) is 34.9. The molecule has 1 aromatic heterocycles. The van der Waals surface area contributed by atoms with Gasteiger partial charge in [0.25, 0.3) is 0 Å². The summed E-state index contributed by atoms with van der Waals surface area (Å²) in [7, 11) is 0. The molecule has 0 amide bonds. The van der Waals surface area contributed by atoms with Crippen LogP contribution in [0.4, 0.5) is 0 Å². The van der Waals surface area contributed by atoms with Crippen LogP contribution >= 0.6 is 0 Å². The molecule has 0 N–H and O–H groups in total. The van der Waals surface area contributed by atoms with Crippen LogP contribution in [-0.4, -0.2) is 10.2 Å². The van der Waals surface area contributed by atoms with E-state index < -0.39 is 0 Å². The molecule has 0 aliphatic rings. The third kappa shape index (κ3) is 3.72. The summed E-state index contributed by atoms with van der Waals surface area (Å²) in [6.45, 7) is 2.07. The van der Waals surface area contributed by atoms with Crippen molar-refractivity contribution in [2.24, 2.45) is 0 Å². The average molecular weight is 437 g/mol. The summed E-state index contributed by atoms with van der Waals surface area (Å²) in [5.41, 5.74) is 4.99. The first-order chi connectivity index (χ1) is 16.7. The lowest BCUT2D eigenvalue weighted by atomic mass is 9.97. The van der Waals surface area contributed by atoms with E-state index in [9.17, 15) is 0 Å². The predicted octanol–water partition coefficient (Wildman–Crippen LogP) is 7.42. The molecule has 3 nitrogen and oxygen atoms in total. The smallest absolute Gasteiger partial charge is 0.249 e. The van der Waals surface area contributed by atoms with Gasteiger partial charge in [-0.2, -0.15) is 0 Å². The van der Waals surface area contributed by atoms with Gasteiger partial charge in [0.15, 0.2) is 0 Å². The zero-order valence-corrected chi connectivity index (χ0v) is 18.6. The molecule has 34 heavy (non-hydrogen) atoms. The Morgan fingerprint density at radius 1 is 0.588 bits per heavy atom. The molecule has 0 atom stereocenters. The molecule has 6 aromatic rings. The highest BCUT2D eigenvalue weighted by Gasteiger charge is 2.16. The normalized spacial score (nSPS) is 10.9. The third-order valence-corrected chi connectivity index (χ3v) is 5.94. The molecule has 1 heterocycles. The van der Waals surface area contributed by atoms with Gasteiger partial charge in [-0.3, -0.25) is 0 Å². The highest BCUT2D eigenvalue weighted by atomic mass is 16.4. The zero-order chi connectivity index (χ0) is 22.9. The highest BCUT2D eigenvalue weighted by Crippen LogP contribution is 2.36. The summed E-state index contributed by atoms with van der Waals surface area (Å²) < 4.78 is 6.19. The van der Waals surface area contributed by atoms with Crippen LogP contribution in [0.3, 0.4) is 0 Å². The molecule has 3 heteroatoms. The molecule has 0 saturated heterocycles. The summed E-state index contributed by atoms with van der Waals surface area (Å²) in [5.74, 6) is 7.43. The van der Waals surface area contributed by atoms with Crippen LogP contribution in [-0.2, 0) is 0 Å². The molecule has 0 aliphatic heterocycles. The van der Waals surface area contributed by atoms with Gasteiger partial charge in [0.05, 0.1) is 5.56 Å². The first-order valence-electron chi connectivity index (χ1n) is 11.2. The molecular formula is C31H20N2O. The summed E-state index contributed by atoms with van der Waals surface area (Å²) in [4.78, 5) is 0. The lowest BCUT2D eigenvalue weighted by molar-refractivity contribution is 0.586. The van der Waals surface area contributed by atoms with E-state index in [2.05, 4.69) is 71.4 Å². The fourth-order valence-electron chi connectivity index (χ4n) is 4.16. The van der Waals surface area contributed by atoms with E-state index in [0.717, 1.165) is 43.8 Å². The monoisotopic (exact) mass is 436 g/mol. The second kappa shape index (κ2) is 8.35. The van der Waals surface area contributed by atoms with E-state index >= 15 is 0 Å². The molecule has 6 rings (SSSR count). The highest BCUT2D eigenvalue weighted by molar-refractivity contribution is 6.11. The maximum Gasteiger partial charge on any atom is 0.249 e. The Morgan fingerprint density at radius 3 is 1.74 bits per heavy atom. The number of aryl methyl sites for hydroxylation is 1. The van der Waals surface area contributed by atoms with E-state index in [1.165, 1.54) is 5.56 Å². The molecule has 160 valence electrons. The Labute approximate surface area is 197 Å². The maximum atomic E-state index is 6.19. The summed E-state index contributed by atoms with van der Waals surface area (Å²) in [6.07, 6.45) is 0. The van der Waals surface area contributed by atoms with E-state index in [-0.39, 0.29) is 0 Å². The van der Waals surface area contributed by atoms with E-state index in [1.54, 1.807) is 0 Å². The largest absolute Gasteiger partial charge is 0.416 e. The SMILES string of the molecule is Cc1ccc(C#Cc2ccc(-c3nnc(-c4c5ccccc5cc5ccccc45)o3)cc2)cc1. The molecule has 0 saturated carbocycles. The van der Waals surface area contributed by atoms with Gasteiger partial charge >= 0.3 is 0 Å². The van der Waals surface area contributed by atoms with E-state index in [0.29, 0.717) is 11.8 Å². The Bertz CT molecular complexity index is 1650. The minimum Gasteiger partial charge on any atom is -0.416 e.